The number of piperazine rings is 1. The topological polar surface area (TPSA) is 24.1 Å². The van der Waals surface area contributed by atoms with Crippen LogP contribution in [0.4, 0.5) is 0 Å². The van der Waals surface area contributed by atoms with Gasteiger partial charge in [0.05, 0.1) is 0 Å². The summed E-state index contributed by atoms with van der Waals surface area (Å²) in [6.45, 7) is 3.21. The van der Waals surface area contributed by atoms with E-state index in [9.17, 15) is 0 Å². The maximum atomic E-state index is 3.58. The van der Waals surface area contributed by atoms with Gasteiger partial charge < -0.3 is 10.6 Å². The van der Waals surface area contributed by atoms with Crippen molar-refractivity contribution in [2.24, 2.45) is 0 Å². The molecule has 0 unspecified atom stereocenters. The summed E-state index contributed by atoms with van der Waals surface area (Å²) >= 11 is 0. The Balaban J connectivity index is 1.85. The van der Waals surface area contributed by atoms with Crippen molar-refractivity contribution in [2.75, 3.05) is 19.6 Å². The molecular weight excluding hydrogens is 232 g/mol. The van der Waals surface area contributed by atoms with Crippen LogP contribution in [-0.2, 0) is 6.42 Å². The lowest BCUT2D eigenvalue weighted by Gasteiger charge is -2.25. The van der Waals surface area contributed by atoms with E-state index in [-0.39, 0.29) is 0 Å². The van der Waals surface area contributed by atoms with Gasteiger partial charge in [-0.1, -0.05) is 54.6 Å². The van der Waals surface area contributed by atoms with Gasteiger partial charge in [-0.2, -0.15) is 0 Å². The summed E-state index contributed by atoms with van der Waals surface area (Å²) in [4.78, 5) is 0. The Kier molecular flexibility index (Phi) is 3.92. The fourth-order valence-electron chi connectivity index (χ4n) is 2.72. The van der Waals surface area contributed by atoms with Crippen molar-refractivity contribution in [1.82, 2.24) is 10.6 Å². The van der Waals surface area contributed by atoms with E-state index in [1.165, 1.54) is 16.7 Å². The lowest BCUT2D eigenvalue weighted by Crippen LogP contribution is -2.49. The van der Waals surface area contributed by atoms with Gasteiger partial charge in [0.25, 0.3) is 0 Å². The molecule has 2 heteroatoms. The third-order valence-electron chi connectivity index (χ3n) is 3.69. The molecule has 2 aromatic carbocycles. The zero-order valence-corrected chi connectivity index (χ0v) is 11.1. The Morgan fingerprint density at radius 1 is 0.895 bits per heavy atom. The Morgan fingerprint density at radius 3 is 2.47 bits per heavy atom. The average molecular weight is 252 g/mol. The maximum absolute atomic E-state index is 3.58. The van der Waals surface area contributed by atoms with Gasteiger partial charge in [0, 0.05) is 25.7 Å². The van der Waals surface area contributed by atoms with Gasteiger partial charge >= 0.3 is 0 Å². The second kappa shape index (κ2) is 6.00. The fourth-order valence-corrected chi connectivity index (χ4v) is 2.72. The smallest absolute Gasteiger partial charge is 0.0233 e. The first-order valence-corrected chi connectivity index (χ1v) is 7.01. The van der Waals surface area contributed by atoms with E-state index in [0.717, 1.165) is 26.1 Å². The highest BCUT2D eigenvalue weighted by Crippen LogP contribution is 2.24. The normalized spacial score (nSPS) is 19.3. The molecule has 0 saturated carbocycles. The summed E-state index contributed by atoms with van der Waals surface area (Å²) in [5, 5.41) is 7.04. The molecule has 2 N–H and O–H groups in total. The molecule has 1 heterocycles. The molecule has 0 bridgehead atoms. The van der Waals surface area contributed by atoms with Crippen LogP contribution in [0.5, 0.6) is 0 Å². The van der Waals surface area contributed by atoms with Gasteiger partial charge in [-0.05, 0) is 23.1 Å². The molecule has 1 atom stereocenters. The number of nitrogens with one attached hydrogen (secondary N) is 2. The van der Waals surface area contributed by atoms with E-state index in [1.807, 2.05) is 0 Å². The van der Waals surface area contributed by atoms with Crippen LogP contribution in [-0.4, -0.2) is 25.7 Å². The zero-order valence-electron chi connectivity index (χ0n) is 11.1. The number of hydrogen-bond acceptors (Lipinski definition) is 2. The molecule has 0 aromatic heterocycles. The Hall–Kier alpha value is -1.64. The van der Waals surface area contributed by atoms with Crippen LogP contribution in [0.1, 0.15) is 5.56 Å². The van der Waals surface area contributed by atoms with Crippen LogP contribution in [0, 0.1) is 0 Å². The molecule has 98 valence electrons. The molecule has 1 saturated heterocycles. The third kappa shape index (κ3) is 3.03. The first kappa shape index (κ1) is 12.4. The molecule has 0 amide bonds. The Labute approximate surface area is 114 Å². The van der Waals surface area contributed by atoms with Crippen molar-refractivity contribution in [2.45, 2.75) is 12.5 Å². The summed E-state index contributed by atoms with van der Waals surface area (Å²) in [7, 11) is 0. The van der Waals surface area contributed by atoms with Gasteiger partial charge in [0.1, 0.15) is 0 Å². The van der Waals surface area contributed by atoms with Crippen molar-refractivity contribution in [3.63, 3.8) is 0 Å². The van der Waals surface area contributed by atoms with Crippen LogP contribution in [0.15, 0.2) is 54.6 Å². The van der Waals surface area contributed by atoms with Crippen molar-refractivity contribution >= 4 is 0 Å². The molecule has 1 aliphatic rings. The number of benzene rings is 2. The number of hydrogen-bond donors (Lipinski definition) is 2. The summed E-state index contributed by atoms with van der Waals surface area (Å²) < 4.78 is 0. The molecule has 2 nitrogen and oxygen atoms in total. The molecule has 19 heavy (non-hydrogen) atoms. The van der Waals surface area contributed by atoms with E-state index >= 15 is 0 Å². The molecule has 3 rings (SSSR count). The second-order valence-corrected chi connectivity index (χ2v) is 5.08. The average Bonchev–Trinajstić information content (AvgIpc) is 2.50. The summed E-state index contributed by atoms with van der Waals surface area (Å²) in [6, 6.07) is 19.9. The van der Waals surface area contributed by atoms with Crippen LogP contribution >= 0.6 is 0 Å². The molecule has 0 aliphatic carbocycles. The molecule has 2 aromatic rings. The third-order valence-corrected chi connectivity index (χ3v) is 3.69. The maximum Gasteiger partial charge on any atom is 0.0233 e. The van der Waals surface area contributed by atoms with E-state index < -0.39 is 0 Å². The highest BCUT2D eigenvalue weighted by Gasteiger charge is 2.14. The van der Waals surface area contributed by atoms with Crippen molar-refractivity contribution in [3.8, 4) is 11.1 Å². The summed E-state index contributed by atoms with van der Waals surface area (Å²) in [6.07, 6.45) is 1.08. The van der Waals surface area contributed by atoms with Crippen molar-refractivity contribution in [3.05, 3.63) is 60.2 Å². The predicted octanol–water partition coefficient (Wildman–Crippen LogP) is 2.46. The minimum atomic E-state index is 0.540. The summed E-state index contributed by atoms with van der Waals surface area (Å²) in [5.41, 5.74) is 4.09. The minimum absolute atomic E-state index is 0.540. The van der Waals surface area contributed by atoms with Crippen LogP contribution < -0.4 is 10.6 Å². The first-order valence-electron chi connectivity index (χ1n) is 7.01. The van der Waals surface area contributed by atoms with Crippen LogP contribution in [0.2, 0.25) is 0 Å². The highest BCUT2D eigenvalue weighted by molar-refractivity contribution is 5.67. The largest absolute Gasteiger partial charge is 0.314 e. The van der Waals surface area contributed by atoms with Crippen LogP contribution in [0.25, 0.3) is 11.1 Å². The van der Waals surface area contributed by atoms with Gasteiger partial charge in [-0.15, -0.1) is 0 Å². The molecule has 0 spiro atoms. The zero-order chi connectivity index (χ0) is 12.9. The SMILES string of the molecule is c1ccc(-c2ccccc2C[C@H]2CNCCN2)cc1. The monoisotopic (exact) mass is 252 g/mol. The molecule has 0 radical (unpaired) electrons. The van der Waals surface area contributed by atoms with Gasteiger partial charge in [0.15, 0.2) is 0 Å². The standard InChI is InChI=1S/C17H20N2/c1-2-6-14(7-3-1)17-9-5-4-8-15(17)12-16-13-18-10-11-19-16/h1-9,16,18-19H,10-13H2/t16-/m0/s1. The molecule has 1 fully saturated rings. The minimum Gasteiger partial charge on any atom is -0.314 e. The fraction of sp³-hybridized carbons (Fsp3) is 0.294. The van der Waals surface area contributed by atoms with E-state index in [0.29, 0.717) is 6.04 Å². The van der Waals surface area contributed by atoms with Crippen molar-refractivity contribution < 1.29 is 0 Å². The Bertz CT molecular complexity index is 516. The van der Waals surface area contributed by atoms with E-state index in [1.54, 1.807) is 0 Å². The summed E-state index contributed by atoms with van der Waals surface area (Å²) in [5.74, 6) is 0. The predicted molar refractivity (Wildman–Crippen MR) is 80.2 cm³/mol. The second-order valence-electron chi connectivity index (χ2n) is 5.08. The highest BCUT2D eigenvalue weighted by atomic mass is 15.0. The van der Waals surface area contributed by atoms with Crippen LogP contribution in [0.3, 0.4) is 0 Å². The molecular formula is C17H20N2. The number of rotatable bonds is 3. The Morgan fingerprint density at radius 2 is 1.68 bits per heavy atom. The van der Waals surface area contributed by atoms with E-state index in [2.05, 4.69) is 65.2 Å². The molecule has 1 aliphatic heterocycles. The van der Waals surface area contributed by atoms with Gasteiger partial charge in [-0.25, -0.2) is 0 Å². The first-order chi connectivity index (χ1) is 9.43. The quantitative estimate of drug-likeness (QED) is 0.877. The van der Waals surface area contributed by atoms with Gasteiger partial charge in [0.2, 0.25) is 0 Å². The van der Waals surface area contributed by atoms with Gasteiger partial charge in [-0.3, -0.25) is 0 Å². The lowest BCUT2D eigenvalue weighted by atomic mass is 9.95. The lowest BCUT2D eigenvalue weighted by molar-refractivity contribution is 0.417. The van der Waals surface area contributed by atoms with E-state index in [4.69, 9.17) is 0 Å². The van der Waals surface area contributed by atoms with Crippen molar-refractivity contribution in [1.29, 1.82) is 0 Å².